The van der Waals surface area contributed by atoms with Crippen molar-refractivity contribution in [2.24, 2.45) is 0 Å². The minimum atomic E-state index is -0.199. The summed E-state index contributed by atoms with van der Waals surface area (Å²) in [5, 5.41) is 3.82. The number of methoxy groups -OCH3 is 1. The highest BCUT2D eigenvalue weighted by atomic mass is 32.2. The first-order valence-corrected chi connectivity index (χ1v) is 9.49. The highest BCUT2D eigenvalue weighted by Crippen LogP contribution is 2.26. The van der Waals surface area contributed by atoms with Crippen molar-refractivity contribution in [3.63, 3.8) is 0 Å². The van der Waals surface area contributed by atoms with Crippen LogP contribution < -0.4 is 10.1 Å². The van der Waals surface area contributed by atoms with E-state index in [9.17, 15) is 4.79 Å². The summed E-state index contributed by atoms with van der Waals surface area (Å²) >= 11 is 1.50. The van der Waals surface area contributed by atoms with Gasteiger partial charge in [0.05, 0.1) is 19.3 Å². The van der Waals surface area contributed by atoms with Crippen molar-refractivity contribution in [2.45, 2.75) is 18.1 Å². The van der Waals surface area contributed by atoms with Crippen molar-refractivity contribution in [2.75, 3.05) is 13.4 Å². The predicted octanol–water partition coefficient (Wildman–Crippen LogP) is 4.09. The van der Waals surface area contributed by atoms with E-state index in [-0.39, 0.29) is 11.9 Å². The Morgan fingerprint density at radius 1 is 1.15 bits per heavy atom. The van der Waals surface area contributed by atoms with Gasteiger partial charge in [0.25, 0.3) is 5.91 Å². The molecule has 2 aromatic carbocycles. The number of hydrogen-bond acceptors (Lipinski definition) is 4. The second kappa shape index (κ2) is 8.10. The summed E-state index contributed by atoms with van der Waals surface area (Å²) in [5.41, 5.74) is 2.34. The molecule has 6 heteroatoms. The molecule has 1 aromatic heterocycles. The maximum Gasteiger partial charge on any atom is 0.270 e. The van der Waals surface area contributed by atoms with Gasteiger partial charge in [-0.15, -0.1) is 0 Å². The normalized spacial score (nSPS) is 11.8. The van der Waals surface area contributed by atoms with E-state index in [0.29, 0.717) is 5.69 Å². The Balaban J connectivity index is 1.90. The number of imidazole rings is 1. The van der Waals surface area contributed by atoms with Crippen molar-refractivity contribution in [1.29, 1.82) is 0 Å². The number of hydrogen-bond donors (Lipinski definition) is 1. The van der Waals surface area contributed by atoms with E-state index in [1.54, 1.807) is 13.3 Å². The first-order valence-electron chi connectivity index (χ1n) is 8.26. The summed E-state index contributed by atoms with van der Waals surface area (Å²) in [5.74, 6) is 0.571. The molecule has 1 heterocycles. The average Bonchev–Trinajstić information content (AvgIpc) is 3.12. The number of thioether (sulfide) groups is 1. The zero-order valence-corrected chi connectivity index (χ0v) is 15.8. The predicted molar refractivity (Wildman–Crippen MR) is 104 cm³/mol. The molecule has 1 amide bonds. The number of para-hydroxylation sites is 2. The van der Waals surface area contributed by atoms with Crippen LogP contribution in [0.4, 0.5) is 0 Å². The fourth-order valence-corrected chi connectivity index (χ4v) is 3.38. The Hall–Kier alpha value is -2.73. The second-order valence-electron chi connectivity index (χ2n) is 5.74. The zero-order chi connectivity index (χ0) is 18.5. The molecule has 0 fully saturated rings. The quantitative estimate of drug-likeness (QED) is 0.667. The fraction of sp³-hybridized carbons (Fsp3) is 0.200. The fourth-order valence-electron chi connectivity index (χ4n) is 2.84. The third-order valence-electron chi connectivity index (χ3n) is 4.11. The van der Waals surface area contributed by atoms with E-state index in [1.807, 2.05) is 72.3 Å². The van der Waals surface area contributed by atoms with Crippen molar-refractivity contribution >= 4 is 17.7 Å². The Morgan fingerprint density at radius 2 is 1.85 bits per heavy atom. The van der Waals surface area contributed by atoms with Crippen LogP contribution in [-0.4, -0.2) is 28.8 Å². The minimum absolute atomic E-state index is 0.181. The molecular formula is C20H21N3O2S. The largest absolute Gasteiger partial charge is 0.496 e. The van der Waals surface area contributed by atoms with Gasteiger partial charge in [0.1, 0.15) is 11.4 Å². The highest BCUT2D eigenvalue weighted by molar-refractivity contribution is 7.98. The monoisotopic (exact) mass is 367 g/mol. The minimum Gasteiger partial charge on any atom is -0.496 e. The number of ether oxygens (including phenoxy) is 1. The van der Waals surface area contributed by atoms with Gasteiger partial charge in [0, 0.05) is 11.3 Å². The number of benzene rings is 2. The number of nitrogens with one attached hydrogen (secondary N) is 1. The van der Waals surface area contributed by atoms with Gasteiger partial charge in [0.15, 0.2) is 5.16 Å². The molecule has 1 N–H and O–H groups in total. The Morgan fingerprint density at radius 3 is 2.54 bits per heavy atom. The Kier molecular flexibility index (Phi) is 5.63. The van der Waals surface area contributed by atoms with E-state index in [1.165, 1.54) is 11.8 Å². The maximum absolute atomic E-state index is 12.9. The lowest BCUT2D eigenvalue weighted by Crippen LogP contribution is -2.28. The molecular weight excluding hydrogens is 346 g/mol. The highest BCUT2D eigenvalue weighted by Gasteiger charge is 2.20. The van der Waals surface area contributed by atoms with Crippen LogP contribution in [0.5, 0.6) is 5.75 Å². The smallest absolute Gasteiger partial charge is 0.270 e. The molecule has 3 rings (SSSR count). The Bertz CT molecular complexity index is 893. The lowest BCUT2D eigenvalue weighted by molar-refractivity contribution is 0.0932. The first-order chi connectivity index (χ1) is 12.7. The molecule has 0 unspecified atom stereocenters. The maximum atomic E-state index is 12.9. The Labute approximate surface area is 157 Å². The SMILES string of the molecule is COc1ccccc1[C@H](C)NC(=O)c1cnc(SC)n1-c1ccccc1. The van der Waals surface area contributed by atoms with Gasteiger partial charge < -0.3 is 10.1 Å². The summed E-state index contributed by atoms with van der Waals surface area (Å²) in [6.45, 7) is 1.94. The van der Waals surface area contributed by atoms with E-state index < -0.39 is 0 Å². The summed E-state index contributed by atoms with van der Waals surface area (Å²) in [6, 6.07) is 17.2. The lowest BCUT2D eigenvalue weighted by Gasteiger charge is -2.18. The third kappa shape index (κ3) is 3.60. The topological polar surface area (TPSA) is 56.1 Å². The van der Waals surface area contributed by atoms with Crippen LogP contribution in [0.15, 0.2) is 66.0 Å². The van der Waals surface area contributed by atoms with Gasteiger partial charge in [-0.1, -0.05) is 48.2 Å². The van der Waals surface area contributed by atoms with E-state index >= 15 is 0 Å². The average molecular weight is 367 g/mol. The summed E-state index contributed by atoms with van der Waals surface area (Å²) < 4.78 is 7.27. The van der Waals surface area contributed by atoms with Crippen LogP contribution in [0.1, 0.15) is 29.0 Å². The van der Waals surface area contributed by atoms with Crippen LogP contribution in [0.25, 0.3) is 5.69 Å². The summed E-state index contributed by atoms with van der Waals surface area (Å²) in [7, 11) is 1.63. The molecule has 134 valence electrons. The molecule has 3 aromatic rings. The van der Waals surface area contributed by atoms with Crippen LogP contribution in [0.2, 0.25) is 0 Å². The number of nitrogens with zero attached hydrogens (tertiary/aromatic N) is 2. The standard InChI is InChI=1S/C20H21N3O2S/c1-14(16-11-7-8-12-18(16)25-2)22-19(24)17-13-21-20(26-3)23(17)15-9-5-4-6-10-15/h4-14H,1-3H3,(H,22,24)/t14-/m0/s1. The number of aromatic nitrogens is 2. The van der Waals surface area contributed by atoms with Gasteiger partial charge in [-0.05, 0) is 31.4 Å². The number of carbonyl (C=O) groups is 1. The van der Waals surface area contributed by atoms with Crippen molar-refractivity contribution in [3.8, 4) is 11.4 Å². The number of carbonyl (C=O) groups excluding carboxylic acids is 1. The van der Waals surface area contributed by atoms with Crippen molar-refractivity contribution in [1.82, 2.24) is 14.9 Å². The first kappa shape index (κ1) is 18.1. The molecule has 0 aliphatic rings. The number of rotatable bonds is 6. The summed E-state index contributed by atoms with van der Waals surface area (Å²) in [6.07, 6.45) is 3.56. The lowest BCUT2D eigenvalue weighted by atomic mass is 10.1. The van der Waals surface area contributed by atoms with Gasteiger partial charge in [-0.3, -0.25) is 9.36 Å². The summed E-state index contributed by atoms with van der Waals surface area (Å²) in [4.78, 5) is 17.3. The van der Waals surface area contributed by atoms with E-state index in [4.69, 9.17) is 4.74 Å². The molecule has 0 bridgehead atoms. The molecule has 0 spiro atoms. The van der Waals surface area contributed by atoms with E-state index in [2.05, 4.69) is 10.3 Å². The van der Waals surface area contributed by atoms with Crippen molar-refractivity contribution in [3.05, 3.63) is 72.1 Å². The van der Waals surface area contributed by atoms with Gasteiger partial charge in [-0.2, -0.15) is 0 Å². The molecule has 0 saturated heterocycles. The van der Waals surface area contributed by atoms with Gasteiger partial charge in [-0.25, -0.2) is 4.98 Å². The number of amides is 1. The molecule has 26 heavy (non-hydrogen) atoms. The molecule has 5 nitrogen and oxygen atoms in total. The third-order valence-corrected chi connectivity index (χ3v) is 4.77. The molecule has 0 saturated carbocycles. The van der Waals surface area contributed by atoms with E-state index in [0.717, 1.165) is 22.2 Å². The van der Waals surface area contributed by atoms with Gasteiger partial charge in [0.2, 0.25) is 0 Å². The molecule has 0 aliphatic heterocycles. The van der Waals surface area contributed by atoms with Crippen LogP contribution in [-0.2, 0) is 0 Å². The molecule has 0 radical (unpaired) electrons. The van der Waals surface area contributed by atoms with Crippen LogP contribution in [0, 0.1) is 0 Å². The second-order valence-corrected chi connectivity index (χ2v) is 6.51. The van der Waals surface area contributed by atoms with Crippen LogP contribution >= 0.6 is 11.8 Å². The molecule has 1 atom stereocenters. The molecule has 0 aliphatic carbocycles. The van der Waals surface area contributed by atoms with Crippen LogP contribution in [0.3, 0.4) is 0 Å². The zero-order valence-electron chi connectivity index (χ0n) is 15.0. The van der Waals surface area contributed by atoms with Crippen molar-refractivity contribution < 1.29 is 9.53 Å². The van der Waals surface area contributed by atoms with Gasteiger partial charge >= 0.3 is 0 Å².